The number of nitrogens with two attached hydrogens (primary N) is 1. The van der Waals surface area contributed by atoms with Crippen molar-refractivity contribution in [1.82, 2.24) is 14.7 Å². The molecule has 0 aliphatic heterocycles. The highest BCUT2D eigenvalue weighted by Crippen LogP contribution is 2.27. The summed E-state index contributed by atoms with van der Waals surface area (Å²) in [6.45, 7) is 2.91. The predicted octanol–water partition coefficient (Wildman–Crippen LogP) is 2.53. The predicted molar refractivity (Wildman–Crippen MR) is 81.8 cm³/mol. The highest BCUT2D eigenvalue weighted by atomic mass is 15.3. The standard InChI is InChI=1S/C15H27N5/c1-12(10-15(16)17)19(2)11-13-8-9-20(18-13)14-6-4-3-5-7-14/h8-9,12,14H,3-7,10-11H2,1-2H3,(H3,16,17). The van der Waals surface area contributed by atoms with Gasteiger partial charge in [-0.3, -0.25) is 15.0 Å². The average Bonchev–Trinajstić information content (AvgIpc) is 2.87. The molecule has 1 unspecified atom stereocenters. The zero-order valence-electron chi connectivity index (χ0n) is 12.7. The van der Waals surface area contributed by atoms with Gasteiger partial charge in [0.1, 0.15) is 0 Å². The van der Waals surface area contributed by atoms with E-state index in [4.69, 9.17) is 16.2 Å². The van der Waals surface area contributed by atoms with Crippen LogP contribution in [0.15, 0.2) is 12.3 Å². The average molecular weight is 277 g/mol. The monoisotopic (exact) mass is 277 g/mol. The number of amidine groups is 1. The van der Waals surface area contributed by atoms with Gasteiger partial charge in [0.2, 0.25) is 0 Å². The minimum atomic E-state index is 0.247. The smallest absolute Gasteiger partial charge is 0.0920 e. The Labute approximate surface area is 121 Å². The Morgan fingerprint density at radius 3 is 2.85 bits per heavy atom. The molecule has 1 aromatic rings. The molecule has 20 heavy (non-hydrogen) atoms. The summed E-state index contributed by atoms with van der Waals surface area (Å²) in [6.07, 6.45) is 9.28. The van der Waals surface area contributed by atoms with Crippen molar-refractivity contribution < 1.29 is 0 Å². The van der Waals surface area contributed by atoms with Crippen LogP contribution < -0.4 is 5.73 Å². The van der Waals surface area contributed by atoms with E-state index < -0.39 is 0 Å². The van der Waals surface area contributed by atoms with Crippen LogP contribution in [0.2, 0.25) is 0 Å². The normalized spacial score (nSPS) is 18.4. The summed E-state index contributed by atoms with van der Waals surface area (Å²) in [7, 11) is 2.06. The fraction of sp³-hybridized carbons (Fsp3) is 0.733. The van der Waals surface area contributed by atoms with Crippen molar-refractivity contribution in [2.24, 2.45) is 5.73 Å². The van der Waals surface area contributed by atoms with Gasteiger partial charge in [-0.2, -0.15) is 5.10 Å². The number of rotatable bonds is 6. The third kappa shape index (κ3) is 4.07. The van der Waals surface area contributed by atoms with Gasteiger partial charge < -0.3 is 5.73 Å². The molecule has 3 N–H and O–H groups in total. The van der Waals surface area contributed by atoms with Gasteiger partial charge in [0.15, 0.2) is 0 Å². The molecule has 5 nitrogen and oxygen atoms in total. The van der Waals surface area contributed by atoms with Gasteiger partial charge in [-0.05, 0) is 32.9 Å². The second-order valence-corrected chi connectivity index (χ2v) is 6.07. The summed E-state index contributed by atoms with van der Waals surface area (Å²) in [4.78, 5) is 2.20. The van der Waals surface area contributed by atoms with E-state index in [2.05, 4.69) is 35.8 Å². The fourth-order valence-corrected chi connectivity index (χ4v) is 2.90. The second-order valence-electron chi connectivity index (χ2n) is 6.07. The van der Waals surface area contributed by atoms with Crippen molar-refractivity contribution in [1.29, 1.82) is 5.41 Å². The topological polar surface area (TPSA) is 70.9 Å². The molecular weight excluding hydrogens is 250 g/mol. The lowest BCUT2D eigenvalue weighted by Crippen LogP contribution is -2.32. The summed E-state index contributed by atoms with van der Waals surface area (Å²) in [5.41, 5.74) is 6.57. The number of nitrogens with zero attached hydrogens (tertiary/aromatic N) is 3. The third-order valence-corrected chi connectivity index (χ3v) is 4.29. The van der Waals surface area contributed by atoms with E-state index in [1.54, 1.807) is 0 Å². The molecule has 0 amide bonds. The molecule has 1 aliphatic rings. The largest absolute Gasteiger partial charge is 0.388 e. The molecule has 1 atom stereocenters. The number of nitrogens with one attached hydrogen (secondary N) is 1. The first-order chi connectivity index (χ1) is 9.56. The van der Waals surface area contributed by atoms with Crippen LogP contribution in [0, 0.1) is 5.41 Å². The highest BCUT2D eigenvalue weighted by molar-refractivity contribution is 5.77. The molecular formula is C15H27N5. The van der Waals surface area contributed by atoms with E-state index in [1.165, 1.54) is 32.1 Å². The minimum Gasteiger partial charge on any atom is -0.388 e. The molecule has 1 heterocycles. The van der Waals surface area contributed by atoms with Crippen LogP contribution in [0.25, 0.3) is 0 Å². The molecule has 1 saturated carbocycles. The SMILES string of the molecule is CC(CC(=N)N)N(C)Cc1ccn(C2CCCCC2)n1. The highest BCUT2D eigenvalue weighted by Gasteiger charge is 2.17. The van der Waals surface area contributed by atoms with Crippen molar-refractivity contribution in [2.45, 2.75) is 64.1 Å². The summed E-state index contributed by atoms with van der Waals surface area (Å²) in [5, 5.41) is 12.1. The fourth-order valence-electron chi connectivity index (χ4n) is 2.90. The molecule has 5 heteroatoms. The quantitative estimate of drug-likeness (QED) is 0.620. The zero-order chi connectivity index (χ0) is 14.5. The molecule has 112 valence electrons. The maximum atomic E-state index is 7.37. The molecule has 1 fully saturated rings. The van der Waals surface area contributed by atoms with E-state index in [9.17, 15) is 0 Å². The molecule has 2 rings (SSSR count). The first-order valence-corrected chi connectivity index (χ1v) is 7.63. The van der Waals surface area contributed by atoms with Crippen LogP contribution in [-0.2, 0) is 6.54 Å². The Hall–Kier alpha value is -1.36. The summed E-state index contributed by atoms with van der Waals surface area (Å²) in [5.74, 6) is 0.247. The van der Waals surface area contributed by atoms with Gasteiger partial charge in [0.25, 0.3) is 0 Å². The van der Waals surface area contributed by atoms with Crippen molar-refractivity contribution in [3.63, 3.8) is 0 Å². The van der Waals surface area contributed by atoms with Gasteiger partial charge in [0, 0.05) is 25.2 Å². The van der Waals surface area contributed by atoms with Crippen molar-refractivity contribution in [3.05, 3.63) is 18.0 Å². The Bertz CT molecular complexity index is 433. The lowest BCUT2D eigenvalue weighted by molar-refractivity contribution is 0.248. The molecule has 1 aliphatic carbocycles. The summed E-state index contributed by atoms with van der Waals surface area (Å²) < 4.78 is 2.15. The van der Waals surface area contributed by atoms with Crippen LogP contribution in [-0.4, -0.2) is 33.6 Å². The summed E-state index contributed by atoms with van der Waals surface area (Å²) in [6, 6.07) is 2.98. The van der Waals surface area contributed by atoms with E-state index >= 15 is 0 Å². The van der Waals surface area contributed by atoms with E-state index in [0.717, 1.165) is 12.2 Å². The first kappa shape index (κ1) is 15.0. The van der Waals surface area contributed by atoms with E-state index in [0.29, 0.717) is 12.5 Å². The third-order valence-electron chi connectivity index (χ3n) is 4.29. The van der Waals surface area contributed by atoms with Crippen LogP contribution in [0.1, 0.15) is 57.2 Å². The zero-order valence-corrected chi connectivity index (χ0v) is 12.7. The molecule has 0 spiro atoms. The molecule has 0 saturated heterocycles. The molecule has 1 aromatic heterocycles. The van der Waals surface area contributed by atoms with Crippen LogP contribution >= 0.6 is 0 Å². The van der Waals surface area contributed by atoms with Gasteiger partial charge in [-0.1, -0.05) is 19.3 Å². The summed E-state index contributed by atoms with van der Waals surface area (Å²) >= 11 is 0. The van der Waals surface area contributed by atoms with E-state index in [1.807, 2.05) is 0 Å². The number of aromatic nitrogens is 2. The van der Waals surface area contributed by atoms with Gasteiger partial charge >= 0.3 is 0 Å². The maximum absolute atomic E-state index is 7.37. The molecule has 0 radical (unpaired) electrons. The second kappa shape index (κ2) is 6.88. The van der Waals surface area contributed by atoms with Gasteiger partial charge in [0.05, 0.1) is 17.6 Å². The Kier molecular flexibility index (Phi) is 5.17. The molecule has 0 aromatic carbocycles. The molecule has 0 bridgehead atoms. The Morgan fingerprint density at radius 1 is 1.50 bits per heavy atom. The Morgan fingerprint density at radius 2 is 2.20 bits per heavy atom. The van der Waals surface area contributed by atoms with Crippen LogP contribution in [0.3, 0.4) is 0 Å². The van der Waals surface area contributed by atoms with Crippen LogP contribution in [0.4, 0.5) is 0 Å². The number of hydrogen-bond acceptors (Lipinski definition) is 3. The Balaban J connectivity index is 1.90. The van der Waals surface area contributed by atoms with Gasteiger partial charge in [-0.25, -0.2) is 0 Å². The number of hydrogen-bond donors (Lipinski definition) is 2. The van der Waals surface area contributed by atoms with Gasteiger partial charge in [-0.15, -0.1) is 0 Å². The minimum absolute atomic E-state index is 0.247. The van der Waals surface area contributed by atoms with Crippen molar-refractivity contribution in [3.8, 4) is 0 Å². The van der Waals surface area contributed by atoms with Crippen molar-refractivity contribution >= 4 is 5.84 Å². The lowest BCUT2D eigenvalue weighted by atomic mass is 9.96. The lowest BCUT2D eigenvalue weighted by Gasteiger charge is -2.24. The van der Waals surface area contributed by atoms with E-state index in [-0.39, 0.29) is 11.9 Å². The maximum Gasteiger partial charge on any atom is 0.0920 e. The van der Waals surface area contributed by atoms with Crippen molar-refractivity contribution in [2.75, 3.05) is 7.05 Å². The van der Waals surface area contributed by atoms with Crippen LogP contribution in [0.5, 0.6) is 0 Å². The first-order valence-electron chi connectivity index (χ1n) is 7.63.